The van der Waals surface area contributed by atoms with Crippen LogP contribution in [0.2, 0.25) is 0 Å². The number of anilines is 2. The van der Waals surface area contributed by atoms with Crippen LogP contribution in [0.5, 0.6) is 0 Å². The van der Waals surface area contributed by atoms with Crippen molar-refractivity contribution >= 4 is 28.9 Å². The van der Waals surface area contributed by atoms with E-state index in [1.165, 1.54) is 24.3 Å². The van der Waals surface area contributed by atoms with Crippen molar-refractivity contribution in [1.29, 1.82) is 0 Å². The predicted molar refractivity (Wildman–Crippen MR) is 130 cm³/mol. The highest BCUT2D eigenvalue weighted by Crippen LogP contribution is 2.22. The molecule has 0 unspecified atom stereocenters. The highest BCUT2D eigenvalue weighted by Gasteiger charge is 2.22. The van der Waals surface area contributed by atoms with Crippen LogP contribution in [0.3, 0.4) is 0 Å². The Kier molecular flexibility index (Phi) is 6.55. The fourth-order valence-corrected chi connectivity index (χ4v) is 4.45. The Labute approximate surface area is 200 Å². The number of rotatable bonds is 6. The van der Waals surface area contributed by atoms with Gasteiger partial charge in [-0.25, -0.2) is 19.3 Å². The van der Waals surface area contributed by atoms with Crippen LogP contribution in [0.15, 0.2) is 72.4 Å². The minimum absolute atomic E-state index is 0.0516. The third-order valence-corrected chi connectivity index (χ3v) is 6.43. The molecular formula is C25H23FN6OS. The predicted octanol–water partition coefficient (Wildman–Crippen LogP) is 4.44. The molecule has 1 aliphatic heterocycles. The molecule has 0 atom stereocenters. The molecular weight excluding hydrogens is 451 g/mol. The molecule has 0 saturated carbocycles. The van der Waals surface area contributed by atoms with E-state index in [0.29, 0.717) is 18.7 Å². The number of nitrogens with zero attached hydrogens (tertiary/aromatic N) is 5. The van der Waals surface area contributed by atoms with Crippen molar-refractivity contribution in [3.63, 3.8) is 0 Å². The maximum absolute atomic E-state index is 13.1. The molecule has 0 aliphatic carbocycles. The van der Waals surface area contributed by atoms with Crippen molar-refractivity contribution in [2.45, 2.75) is 6.54 Å². The van der Waals surface area contributed by atoms with E-state index in [1.807, 2.05) is 40.7 Å². The number of amides is 1. The number of nitrogens with one attached hydrogen (secondary N) is 1. The van der Waals surface area contributed by atoms with Crippen LogP contribution in [0.25, 0.3) is 10.7 Å². The van der Waals surface area contributed by atoms with Gasteiger partial charge in [-0.3, -0.25) is 9.69 Å². The summed E-state index contributed by atoms with van der Waals surface area (Å²) < 4.78 is 13.1. The Morgan fingerprint density at radius 2 is 1.79 bits per heavy atom. The second-order valence-electron chi connectivity index (χ2n) is 8.00. The molecule has 1 amide bonds. The molecule has 4 aromatic rings. The number of pyridine rings is 2. The molecule has 3 aromatic heterocycles. The summed E-state index contributed by atoms with van der Waals surface area (Å²) in [5.41, 5.74) is 2.45. The Morgan fingerprint density at radius 3 is 2.50 bits per heavy atom. The molecule has 1 N–H and O–H groups in total. The Balaban J connectivity index is 1.14. The monoisotopic (exact) mass is 474 g/mol. The van der Waals surface area contributed by atoms with Crippen LogP contribution >= 0.6 is 11.3 Å². The summed E-state index contributed by atoms with van der Waals surface area (Å²) in [6.45, 7) is 3.61. The molecule has 4 heterocycles. The van der Waals surface area contributed by atoms with Crippen molar-refractivity contribution in [2.24, 2.45) is 0 Å². The summed E-state index contributed by atoms with van der Waals surface area (Å²) in [6.07, 6.45) is 3.63. The topological polar surface area (TPSA) is 74.2 Å². The van der Waals surface area contributed by atoms with E-state index in [2.05, 4.69) is 31.2 Å². The van der Waals surface area contributed by atoms with Gasteiger partial charge in [0.25, 0.3) is 5.91 Å². The third kappa shape index (κ3) is 5.27. The molecule has 1 saturated heterocycles. The standard InChI is InChI=1S/C25H23FN6OS/c26-20-7-5-19(6-8-20)25(33)32-13-11-31(12-14-32)17-18-4-9-22(28-16-18)30-23-3-1-2-21(29-23)24-27-10-15-34-24/h1-10,15-16H,11-14,17H2,(H,28,29,30). The quantitative estimate of drug-likeness (QED) is 0.445. The van der Waals surface area contributed by atoms with Gasteiger partial charge in [0.2, 0.25) is 0 Å². The molecule has 9 heteroatoms. The Morgan fingerprint density at radius 1 is 0.971 bits per heavy atom. The van der Waals surface area contributed by atoms with E-state index in [4.69, 9.17) is 0 Å². The lowest BCUT2D eigenvalue weighted by atomic mass is 10.1. The molecule has 0 spiro atoms. The fourth-order valence-electron chi connectivity index (χ4n) is 3.84. The number of hydrogen-bond donors (Lipinski definition) is 1. The van der Waals surface area contributed by atoms with Crippen LogP contribution in [0, 0.1) is 5.82 Å². The third-order valence-electron chi connectivity index (χ3n) is 5.64. The van der Waals surface area contributed by atoms with Gasteiger partial charge >= 0.3 is 0 Å². The van der Waals surface area contributed by atoms with E-state index in [-0.39, 0.29) is 11.7 Å². The van der Waals surface area contributed by atoms with E-state index >= 15 is 0 Å². The van der Waals surface area contributed by atoms with Gasteiger partial charge in [0.05, 0.1) is 0 Å². The summed E-state index contributed by atoms with van der Waals surface area (Å²) in [7, 11) is 0. The second kappa shape index (κ2) is 10.1. The zero-order valence-corrected chi connectivity index (χ0v) is 19.2. The number of thiazole rings is 1. The lowest BCUT2D eigenvalue weighted by molar-refractivity contribution is 0.0628. The Hall–Kier alpha value is -3.69. The largest absolute Gasteiger partial charge is 0.336 e. The number of halogens is 1. The first-order valence-electron chi connectivity index (χ1n) is 11.0. The second-order valence-corrected chi connectivity index (χ2v) is 8.89. The summed E-state index contributed by atoms with van der Waals surface area (Å²) in [4.78, 5) is 30.2. The number of aromatic nitrogens is 3. The smallest absolute Gasteiger partial charge is 0.253 e. The molecule has 7 nitrogen and oxygen atoms in total. The minimum atomic E-state index is -0.336. The van der Waals surface area contributed by atoms with Gasteiger partial charge in [0, 0.05) is 56.1 Å². The lowest BCUT2D eigenvalue weighted by Gasteiger charge is -2.34. The van der Waals surface area contributed by atoms with Gasteiger partial charge in [-0.15, -0.1) is 11.3 Å². The molecule has 172 valence electrons. The summed E-state index contributed by atoms with van der Waals surface area (Å²) in [5.74, 6) is 1.05. The van der Waals surface area contributed by atoms with E-state index in [1.54, 1.807) is 17.5 Å². The maximum Gasteiger partial charge on any atom is 0.253 e. The van der Waals surface area contributed by atoms with Crippen LogP contribution in [0.4, 0.5) is 16.0 Å². The number of hydrogen-bond acceptors (Lipinski definition) is 7. The van der Waals surface area contributed by atoms with Crippen LogP contribution in [-0.2, 0) is 6.54 Å². The molecule has 0 bridgehead atoms. The minimum Gasteiger partial charge on any atom is -0.336 e. The van der Waals surface area contributed by atoms with E-state index in [9.17, 15) is 9.18 Å². The summed E-state index contributed by atoms with van der Waals surface area (Å²) >= 11 is 1.55. The van der Waals surface area contributed by atoms with Gasteiger partial charge in [-0.2, -0.15) is 0 Å². The molecule has 0 radical (unpaired) electrons. The highest BCUT2D eigenvalue weighted by molar-refractivity contribution is 7.13. The first-order chi connectivity index (χ1) is 16.6. The van der Waals surface area contributed by atoms with E-state index in [0.717, 1.165) is 47.5 Å². The number of carbonyl (C=O) groups is 1. The van der Waals surface area contributed by atoms with Crippen molar-refractivity contribution in [1.82, 2.24) is 24.8 Å². The summed E-state index contributed by atoms with van der Waals surface area (Å²) in [6, 6.07) is 15.5. The molecule has 5 rings (SSSR count). The lowest BCUT2D eigenvalue weighted by Crippen LogP contribution is -2.48. The Bertz CT molecular complexity index is 1240. The van der Waals surface area contributed by atoms with E-state index < -0.39 is 0 Å². The van der Waals surface area contributed by atoms with Crippen molar-refractivity contribution < 1.29 is 9.18 Å². The number of benzene rings is 1. The van der Waals surface area contributed by atoms with Crippen LogP contribution < -0.4 is 5.32 Å². The SMILES string of the molecule is O=C(c1ccc(F)cc1)N1CCN(Cc2ccc(Nc3cccc(-c4nccs4)n3)nc2)CC1. The molecule has 1 aliphatic rings. The molecule has 1 aromatic carbocycles. The van der Waals surface area contributed by atoms with Crippen molar-refractivity contribution in [2.75, 3.05) is 31.5 Å². The van der Waals surface area contributed by atoms with Gasteiger partial charge < -0.3 is 10.2 Å². The van der Waals surface area contributed by atoms with Gasteiger partial charge in [-0.05, 0) is 48.0 Å². The zero-order valence-electron chi connectivity index (χ0n) is 18.4. The molecule has 34 heavy (non-hydrogen) atoms. The average molecular weight is 475 g/mol. The van der Waals surface area contributed by atoms with Crippen molar-refractivity contribution in [3.05, 3.63) is 89.3 Å². The van der Waals surface area contributed by atoms with Crippen LogP contribution in [-0.4, -0.2) is 56.8 Å². The normalized spacial score (nSPS) is 14.2. The first-order valence-corrected chi connectivity index (χ1v) is 11.9. The number of carbonyl (C=O) groups excluding carboxylic acids is 1. The number of piperazine rings is 1. The van der Waals surface area contributed by atoms with Gasteiger partial charge in [0.15, 0.2) is 0 Å². The molecule has 1 fully saturated rings. The fraction of sp³-hybridized carbons (Fsp3) is 0.200. The van der Waals surface area contributed by atoms with Crippen molar-refractivity contribution in [3.8, 4) is 10.7 Å². The van der Waals surface area contributed by atoms with Gasteiger partial charge in [0.1, 0.15) is 28.2 Å². The maximum atomic E-state index is 13.1. The summed E-state index contributed by atoms with van der Waals surface area (Å²) in [5, 5.41) is 6.06. The zero-order chi connectivity index (χ0) is 23.3. The first kappa shape index (κ1) is 22.1. The van der Waals surface area contributed by atoms with Gasteiger partial charge in [-0.1, -0.05) is 12.1 Å². The van der Waals surface area contributed by atoms with Crippen LogP contribution in [0.1, 0.15) is 15.9 Å². The average Bonchev–Trinajstić information content (AvgIpc) is 3.41. The highest BCUT2D eigenvalue weighted by atomic mass is 32.1.